The molecule has 0 aliphatic rings. The Bertz CT molecular complexity index is 224. The minimum atomic E-state index is -1.16. The monoisotopic (exact) mass is 351 g/mol. The molecular weight excluding hydrogens is 331 g/mol. The van der Waals surface area contributed by atoms with E-state index in [2.05, 4.69) is 0 Å². The van der Waals surface area contributed by atoms with Gasteiger partial charge in [0.2, 0.25) is 0 Å². The molecule has 113 valence electrons. The van der Waals surface area contributed by atoms with Crippen LogP contribution in [-0.2, 0) is 26.7 Å². The molecule has 0 heterocycles. The van der Waals surface area contributed by atoms with Crippen molar-refractivity contribution in [2.75, 3.05) is 24.0 Å². The molecule has 0 amide bonds. The second-order valence-corrected chi connectivity index (χ2v) is 5.39. The smallest absolute Gasteiger partial charge is 0.548 e. The van der Waals surface area contributed by atoms with Crippen LogP contribution in [0, 0.1) is 0 Å². The minimum absolute atomic E-state index is 0. The number of thioether (sulfide) groups is 2. The molecule has 6 nitrogen and oxygen atoms in total. The molecule has 0 saturated heterocycles. The average molecular weight is 351 g/mol. The molecule has 4 N–H and O–H groups in total. The summed E-state index contributed by atoms with van der Waals surface area (Å²) >= 11 is 3.15. The van der Waals surface area contributed by atoms with Gasteiger partial charge in [-0.05, 0) is 36.9 Å². The maximum Gasteiger partial charge on any atom is 2.00 e. The van der Waals surface area contributed by atoms with Crippen LogP contribution in [-0.4, -0.2) is 48.0 Å². The van der Waals surface area contributed by atoms with Crippen LogP contribution in [0.4, 0.5) is 0 Å². The summed E-state index contributed by atoms with van der Waals surface area (Å²) in [6.45, 7) is 0. The standard InChI is InChI=1S/2C5H11NO2S.Mn/c2*1-9-3-2-4(6)5(7)8;/h2*4H,2-3,6H2,1H3,(H,7,8);/q;;+2/p-2/t2*4-;/m00./s1. The largest absolute Gasteiger partial charge is 2.00 e. The SMILES string of the molecule is CSCC[C@H](N)C(=O)[O-].CSCC[C@H](N)C(=O)[O-].[Mn+2]. The predicted octanol–water partition coefficient (Wildman–Crippen LogP) is -2.37. The fourth-order valence-corrected chi connectivity index (χ4v) is 1.70. The van der Waals surface area contributed by atoms with Gasteiger partial charge in [0.25, 0.3) is 0 Å². The van der Waals surface area contributed by atoms with E-state index in [9.17, 15) is 19.8 Å². The first-order valence-electron chi connectivity index (χ1n) is 5.27. The Labute approximate surface area is 132 Å². The van der Waals surface area contributed by atoms with Gasteiger partial charge in [-0.2, -0.15) is 23.5 Å². The van der Waals surface area contributed by atoms with Crippen LogP contribution in [0.2, 0.25) is 0 Å². The van der Waals surface area contributed by atoms with Crippen molar-refractivity contribution >= 4 is 35.5 Å². The zero-order valence-corrected chi connectivity index (χ0v) is 13.8. The molecule has 0 saturated carbocycles. The average Bonchev–Trinajstić information content (AvgIpc) is 2.33. The van der Waals surface area contributed by atoms with E-state index in [-0.39, 0.29) is 17.1 Å². The summed E-state index contributed by atoms with van der Waals surface area (Å²) in [4.78, 5) is 19.9. The number of rotatable bonds is 8. The second kappa shape index (κ2) is 16.1. The van der Waals surface area contributed by atoms with Gasteiger partial charge in [-0.3, -0.25) is 0 Å². The van der Waals surface area contributed by atoms with E-state index < -0.39 is 24.0 Å². The molecule has 0 fully saturated rings. The van der Waals surface area contributed by atoms with Crippen molar-refractivity contribution in [1.29, 1.82) is 0 Å². The minimum Gasteiger partial charge on any atom is -0.548 e. The van der Waals surface area contributed by atoms with E-state index in [0.29, 0.717) is 12.8 Å². The summed E-state index contributed by atoms with van der Waals surface area (Å²) in [6.07, 6.45) is 4.79. The first kappa shape index (κ1) is 24.1. The number of carbonyl (C=O) groups is 2. The topological polar surface area (TPSA) is 132 Å². The van der Waals surface area contributed by atoms with Gasteiger partial charge in [-0.15, -0.1) is 0 Å². The van der Waals surface area contributed by atoms with Gasteiger partial charge in [-0.25, -0.2) is 0 Å². The van der Waals surface area contributed by atoms with Gasteiger partial charge in [-0.1, -0.05) is 0 Å². The second-order valence-electron chi connectivity index (χ2n) is 3.41. The third kappa shape index (κ3) is 18.1. The maximum atomic E-state index is 9.96. The van der Waals surface area contributed by atoms with Gasteiger partial charge in [0.1, 0.15) is 0 Å². The van der Waals surface area contributed by atoms with Gasteiger partial charge in [0, 0.05) is 12.1 Å². The molecule has 0 spiro atoms. The molecule has 9 heteroatoms. The Morgan fingerprint density at radius 1 is 0.947 bits per heavy atom. The Hall–Kier alpha value is 0.0795. The zero-order chi connectivity index (χ0) is 14.6. The van der Waals surface area contributed by atoms with E-state index in [0.717, 1.165) is 11.5 Å². The Kier molecular flexibility index (Phi) is 20.5. The summed E-state index contributed by atoms with van der Waals surface area (Å²) in [6, 6.07) is -1.59. The van der Waals surface area contributed by atoms with Crippen molar-refractivity contribution in [3.8, 4) is 0 Å². The van der Waals surface area contributed by atoms with Gasteiger partial charge in [0.05, 0.1) is 11.9 Å². The Balaban J connectivity index is -0.000000256. The van der Waals surface area contributed by atoms with Crippen LogP contribution in [0.3, 0.4) is 0 Å². The molecular formula is C10H20MnN2O4S2. The first-order chi connectivity index (χ1) is 8.36. The summed E-state index contributed by atoms with van der Waals surface area (Å²) < 4.78 is 0. The molecule has 0 aromatic heterocycles. The number of carboxylic acid groups (broad SMARTS) is 2. The summed E-state index contributed by atoms with van der Waals surface area (Å²) in [5.74, 6) is -0.780. The molecule has 0 aliphatic carbocycles. The number of hydrogen-bond acceptors (Lipinski definition) is 8. The van der Waals surface area contributed by atoms with Crippen LogP contribution in [0.25, 0.3) is 0 Å². The maximum absolute atomic E-state index is 9.96. The fourth-order valence-electron chi connectivity index (χ4n) is 0.725. The molecule has 0 unspecified atom stereocenters. The van der Waals surface area contributed by atoms with Crippen molar-refractivity contribution in [2.45, 2.75) is 24.9 Å². The number of hydrogen-bond donors (Lipinski definition) is 2. The zero-order valence-electron chi connectivity index (χ0n) is 11.0. The summed E-state index contributed by atoms with van der Waals surface area (Å²) in [7, 11) is 0. The molecule has 0 bridgehead atoms. The van der Waals surface area contributed by atoms with Crippen molar-refractivity contribution in [2.24, 2.45) is 11.5 Å². The molecule has 0 rings (SSSR count). The molecule has 0 aromatic rings. The molecule has 0 aromatic carbocycles. The number of carbonyl (C=O) groups excluding carboxylic acids is 2. The van der Waals surface area contributed by atoms with Crippen LogP contribution < -0.4 is 21.7 Å². The fraction of sp³-hybridized carbons (Fsp3) is 0.800. The van der Waals surface area contributed by atoms with Gasteiger partial charge < -0.3 is 31.3 Å². The quantitative estimate of drug-likeness (QED) is 0.464. The van der Waals surface area contributed by atoms with Crippen LogP contribution in [0.1, 0.15) is 12.8 Å². The molecule has 2 atom stereocenters. The molecule has 1 radical (unpaired) electrons. The summed E-state index contributed by atoms with van der Waals surface area (Å²) in [5.41, 5.74) is 10.3. The predicted molar refractivity (Wildman–Crippen MR) is 72.0 cm³/mol. The normalized spacial score (nSPS) is 12.4. The van der Waals surface area contributed by atoms with Crippen molar-refractivity contribution < 1.29 is 36.9 Å². The van der Waals surface area contributed by atoms with Crippen LogP contribution in [0.15, 0.2) is 0 Å². The van der Waals surface area contributed by atoms with E-state index in [1.54, 1.807) is 23.5 Å². The summed E-state index contributed by atoms with van der Waals surface area (Å²) in [5, 5.41) is 19.9. The van der Waals surface area contributed by atoms with Gasteiger partial charge >= 0.3 is 17.1 Å². The van der Waals surface area contributed by atoms with E-state index in [1.807, 2.05) is 12.5 Å². The van der Waals surface area contributed by atoms with Crippen LogP contribution >= 0.6 is 23.5 Å². The van der Waals surface area contributed by atoms with E-state index >= 15 is 0 Å². The van der Waals surface area contributed by atoms with Crippen LogP contribution in [0.5, 0.6) is 0 Å². The third-order valence-electron chi connectivity index (χ3n) is 1.87. The third-order valence-corrected chi connectivity index (χ3v) is 3.16. The van der Waals surface area contributed by atoms with Gasteiger partial charge in [0.15, 0.2) is 0 Å². The number of nitrogens with two attached hydrogens (primary N) is 2. The first-order valence-corrected chi connectivity index (χ1v) is 8.06. The molecule has 19 heavy (non-hydrogen) atoms. The van der Waals surface area contributed by atoms with E-state index in [4.69, 9.17) is 11.5 Å². The molecule has 0 aliphatic heterocycles. The van der Waals surface area contributed by atoms with Crippen molar-refractivity contribution in [3.05, 3.63) is 0 Å². The van der Waals surface area contributed by atoms with E-state index in [1.165, 1.54) is 0 Å². The van der Waals surface area contributed by atoms with Crippen molar-refractivity contribution in [1.82, 2.24) is 0 Å². The number of carboxylic acids is 2. The Morgan fingerprint density at radius 2 is 1.21 bits per heavy atom. The Morgan fingerprint density at radius 3 is 1.37 bits per heavy atom. The number of aliphatic carboxylic acids is 2. The van der Waals surface area contributed by atoms with Crippen molar-refractivity contribution in [3.63, 3.8) is 0 Å².